The molecule has 3 rings (SSSR count). The van der Waals surface area contributed by atoms with Gasteiger partial charge in [0.1, 0.15) is 0 Å². The van der Waals surface area contributed by atoms with E-state index in [1.807, 2.05) is 0 Å². The Morgan fingerprint density at radius 3 is 2.56 bits per heavy atom. The summed E-state index contributed by atoms with van der Waals surface area (Å²) in [6, 6.07) is 8.00. The first-order chi connectivity index (χ1) is 12.0. The molecule has 1 aromatic rings. The maximum absolute atomic E-state index is 12.1. The van der Waals surface area contributed by atoms with Crippen molar-refractivity contribution >= 4 is 21.6 Å². The van der Waals surface area contributed by atoms with Gasteiger partial charge in [-0.05, 0) is 49.7 Å². The zero-order chi connectivity index (χ0) is 17.7. The third-order valence-electron chi connectivity index (χ3n) is 5.18. The van der Waals surface area contributed by atoms with Gasteiger partial charge in [-0.1, -0.05) is 37.5 Å². The Bertz CT molecular complexity index is 731. The van der Waals surface area contributed by atoms with E-state index in [1.165, 1.54) is 37.8 Å². The van der Waals surface area contributed by atoms with Crippen LogP contribution in [0.5, 0.6) is 0 Å². The number of hydrogen-bond acceptors (Lipinski definition) is 4. The summed E-state index contributed by atoms with van der Waals surface area (Å²) in [5.41, 5.74) is 3.52. The normalized spacial score (nSPS) is 25.4. The first-order valence-corrected chi connectivity index (χ1v) is 10.4. The lowest BCUT2D eigenvalue weighted by atomic mass is 9.70. The number of sulfonamides is 1. The van der Waals surface area contributed by atoms with Crippen LogP contribution in [0.4, 0.5) is 0 Å². The van der Waals surface area contributed by atoms with Crippen molar-refractivity contribution in [2.75, 3.05) is 6.54 Å². The molecule has 2 fully saturated rings. The van der Waals surface area contributed by atoms with Gasteiger partial charge in [0, 0.05) is 5.71 Å². The molecule has 7 heteroatoms. The van der Waals surface area contributed by atoms with Crippen LogP contribution in [0.15, 0.2) is 40.3 Å². The van der Waals surface area contributed by atoms with Gasteiger partial charge in [0.25, 0.3) is 5.91 Å². The van der Waals surface area contributed by atoms with Crippen LogP contribution in [-0.4, -0.2) is 26.6 Å². The highest BCUT2D eigenvalue weighted by Gasteiger charge is 2.30. The Hall–Kier alpha value is -1.73. The third-order valence-corrected chi connectivity index (χ3v) is 6.60. The highest BCUT2D eigenvalue weighted by molar-refractivity contribution is 7.89. The second-order valence-corrected chi connectivity index (χ2v) is 8.66. The number of hydrogen-bond donors (Lipinski definition) is 2. The Kier molecular flexibility index (Phi) is 5.86. The Labute approximate surface area is 149 Å². The van der Waals surface area contributed by atoms with Gasteiger partial charge in [0.2, 0.25) is 10.0 Å². The molecule has 0 aliphatic heterocycles. The fraction of sp³-hybridized carbons (Fsp3) is 0.556. The summed E-state index contributed by atoms with van der Waals surface area (Å²) in [4.78, 5) is 12.0. The second kappa shape index (κ2) is 8.10. The summed E-state index contributed by atoms with van der Waals surface area (Å²) < 4.78 is 26.4. The van der Waals surface area contributed by atoms with Crippen molar-refractivity contribution in [2.24, 2.45) is 16.9 Å². The Morgan fingerprint density at radius 2 is 1.80 bits per heavy atom. The maximum atomic E-state index is 12.1. The summed E-state index contributed by atoms with van der Waals surface area (Å²) in [7, 11) is -3.67. The Balaban J connectivity index is 1.48. The summed E-state index contributed by atoms with van der Waals surface area (Å²) in [6.07, 6.45) is 8.26. The molecule has 0 heterocycles. The molecule has 0 aromatic heterocycles. The van der Waals surface area contributed by atoms with Gasteiger partial charge < -0.3 is 0 Å². The van der Waals surface area contributed by atoms with Crippen LogP contribution < -0.4 is 10.1 Å². The van der Waals surface area contributed by atoms with Crippen LogP contribution in [0.1, 0.15) is 44.9 Å². The van der Waals surface area contributed by atoms with Gasteiger partial charge >= 0.3 is 0 Å². The molecule has 0 radical (unpaired) electrons. The van der Waals surface area contributed by atoms with Crippen molar-refractivity contribution in [3.63, 3.8) is 0 Å². The minimum atomic E-state index is -3.67. The van der Waals surface area contributed by atoms with Gasteiger partial charge in [-0.25, -0.2) is 18.6 Å². The monoisotopic (exact) mass is 363 g/mol. The first-order valence-electron chi connectivity index (χ1n) is 8.93. The van der Waals surface area contributed by atoms with Crippen LogP contribution >= 0.6 is 0 Å². The third kappa shape index (κ3) is 4.89. The molecule has 1 amide bonds. The van der Waals surface area contributed by atoms with Crippen molar-refractivity contribution < 1.29 is 13.2 Å². The zero-order valence-electron chi connectivity index (χ0n) is 14.3. The van der Waals surface area contributed by atoms with Crippen LogP contribution in [0, 0.1) is 11.8 Å². The molecule has 25 heavy (non-hydrogen) atoms. The lowest BCUT2D eigenvalue weighted by Gasteiger charge is -2.35. The zero-order valence-corrected chi connectivity index (χ0v) is 15.1. The average molecular weight is 363 g/mol. The quantitative estimate of drug-likeness (QED) is 0.788. The SMILES string of the molecule is O=C(CNS(=O)(=O)c1ccccc1)N/N=C1/CC[C@H]2CCCC[C@@H]2C1. The van der Waals surface area contributed by atoms with E-state index < -0.39 is 15.9 Å². The molecule has 0 spiro atoms. The van der Waals surface area contributed by atoms with Gasteiger partial charge in [-0.3, -0.25) is 4.79 Å². The topological polar surface area (TPSA) is 87.6 Å². The molecule has 2 atom stereocenters. The van der Waals surface area contributed by atoms with Gasteiger partial charge in [0.05, 0.1) is 11.4 Å². The van der Waals surface area contributed by atoms with Crippen LogP contribution in [0.2, 0.25) is 0 Å². The molecule has 1 aromatic carbocycles. The van der Waals surface area contributed by atoms with E-state index in [1.54, 1.807) is 18.2 Å². The van der Waals surface area contributed by atoms with E-state index in [0.29, 0.717) is 5.92 Å². The lowest BCUT2D eigenvalue weighted by Crippen LogP contribution is -2.36. The highest BCUT2D eigenvalue weighted by atomic mass is 32.2. The Morgan fingerprint density at radius 1 is 1.08 bits per heavy atom. The van der Waals surface area contributed by atoms with Crippen molar-refractivity contribution in [1.29, 1.82) is 0 Å². The van der Waals surface area contributed by atoms with Gasteiger partial charge in [-0.15, -0.1) is 0 Å². The fourth-order valence-corrected chi connectivity index (χ4v) is 4.82. The largest absolute Gasteiger partial charge is 0.272 e. The number of nitrogens with zero attached hydrogens (tertiary/aromatic N) is 1. The summed E-state index contributed by atoms with van der Waals surface area (Å²) in [6.45, 7) is -0.319. The van der Waals surface area contributed by atoms with E-state index in [9.17, 15) is 13.2 Å². The number of benzene rings is 1. The molecule has 0 unspecified atom stereocenters. The van der Waals surface area contributed by atoms with Crippen molar-refractivity contribution in [2.45, 2.75) is 49.8 Å². The molecule has 2 N–H and O–H groups in total. The number of fused-ring (bicyclic) bond motifs is 1. The molecular weight excluding hydrogens is 338 g/mol. The number of nitrogens with one attached hydrogen (secondary N) is 2. The van der Waals surface area contributed by atoms with E-state index in [2.05, 4.69) is 15.2 Å². The molecular formula is C18H25N3O3S. The number of carbonyl (C=O) groups excluding carboxylic acids is 1. The summed E-state index contributed by atoms with van der Waals surface area (Å²) >= 11 is 0. The van der Waals surface area contributed by atoms with Crippen LogP contribution in [0.3, 0.4) is 0 Å². The first kappa shape index (κ1) is 18.1. The van der Waals surface area contributed by atoms with Gasteiger partial charge in [-0.2, -0.15) is 5.10 Å². The average Bonchev–Trinajstić information content (AvgIpc) is 2.65. The molecule has 6 nitrogen and oxygen atoms in total. The van der Waals surface area contributed by atoms with E-state index in [4.69, 9.17) is 0 Å². The molecule has 2 aliphatic rings. The summed E-state index contributed by atoms with van der Waals surface area (Å²) in [5, 5.41) is 4.23. The maximum Gasteiger partial charge on any atom is 0.255 e. The van der Waals surface area contributed by atoms with Gasteiger partial charge in [0.15, 0.2) is 0 Å². The van der Waals surface area contributed by atoms with Crippen LogP contribution in [0.25, 0.3) is 0 Å². The van der Waals surface area contributed by atoms with Crippen molar-refractivity contribution in [1.82, 2.24) is 10.1 Å². The number of hydrazone groups is 1. The number of rotatable bonds is 5. The fourth-order valence-electron chi connectivity index (χ4n) is 3.82. The lowest BCUT2D eigenvalue weighted by molar-refractivity contribution is -0.119. The second-order valence-electron chi connectivity index (χ2n) is 6.90. The standard InChI is InChI=1S/C18H25N3O3S/c22-18(13-19-25(23,24)17-8-2-1-3-9-17)21-20-16-11-10-14-6-4-5-7-15(14)12-16/h1-3,8-9,14-15,19H,4-7,10-13H2,(H,21,22)/b20-16-/t14-,15-/m1/s1. The predicted molar refractivity (Wildman–Crippen MR) is 96.5 cm³/mol. The number of carbonyl (C=O) groups is 1. The van der Waals surface area contributed by atoms with Crippen molar-refractivity contribution in [3.8, 4) is 0 Å². The highest BCUT2D eigenvalue weighted by Crippen LogP contribution is 2.39. The number of amides is 1. The smallest absolute Gasteiger partial charge is 0.255 e. The molecule has 136 valence electrons. The molecule has 2 aliphatic carbocycles. The molecule has 0 saturated heterocycles. The minimum absolute atomic E-state index is 0.143. The molecule has 2 saturated carbocycles. The van der Waals surface area contributed by atoms with Crippen LogP contribution in [-0.2, 0) is 14.8 Å². The van der Waals surface area contributed by atoms with E-state index >= 15 is 0 Å². The minimum Gasteiger partial charge on any atom is -0.272 e. The summed E-state index contributed by atoms with van der Waals surface area (Å²) in [5.74, 6) is 1.08. The predicted octanol–water partition coefficient (Wildman–Crippen LogP) is 2.43. The van der Waals surface area contributed by atoms with Crippen molar-refractivity contribution in [3.05, 3.63) is 30.3 Å². The van der Waals surface area contributed by atoms with E-state index in [-0.39, 0.29) is 11.4 Å². The molecule has 0 bridgehead atoms. The van der Waals surface area contributed by atoms with E-state index in [0.717, 1.165) is 30.9 Å².